The quantitative estimate of drug-likeness (QED) is 0.297. The van der Waals surface area contributed by atoms with Gasteiger partial charge in [-0.05, 0) is 68.7 Å². The fourth-order valence-electron chi connectivity index (χ4n) is 6.79. The number of amides is 4. The van der Waals surface area contributed by atoms with Gasteiger partial charge in [0.1, 0.15) is 6.04 Å². The molecule has 5 aliphatic heterocycles. The average molecular weight is 592 g/mol. The summed E-state index contributed by atoms with van der Waals surface area (Å²) in [5, 5.41) is 5.38. The fourth-order valence-corrected chi connectivity index (χ4v) is 6.79. The molecule has 0 aromatic heterocycles. The van der Waals surface area contributed by atoms with Crippen LogP contribution < -0.4 is 20.3 Å². The molecule has 5 heterocycles. The Kier molecular flexibility index (Phi) is 7.24. The maximum Gasteiger partial charge on any atom is 0.491 e. The number of benzene rings is 1. The smallest absolute Gasteiger partial charge is 0.417 e. The second kappa shape index (κ2) is 10.6. The van der Waals surface area contributed by atoms with Crippen LogP contribution in [0.5, 0.6) is 5.75 Å². The number of piperidine rings is 3. The first kappa shape index (κ1) is 28.6. The Bertz CT molecular complexity index is 1330. The molecule has 226 valence electrons. The van der Waals surface area contributed by atoms with Crippen LogP contribution in [-0.4, -0.2) is 97.4 Å². The topological polar surface area (TPSA) is 128 Å². The highest BCUT2D eigenvalue weighted by molar-refractivity contribution is 6.25. The second-order valence-electron chi connectivity index (χ2n) is 12.0. The molecule has 11 nitrogen and oxygen atoms in total. The van der Waals surface area contributed by atoms with E-state index >= 15 is 0 Å². The molecule has 2 N–H and O–H groups in total. The number of alkyl halides is 3. The third-order valence-corrected chi connectivity index (χ3v) is 9.43. The maximum atomic E-state index is 13.5. The summed E-state index contributed by atoms with van der Waals surface area (Å²) >= 11 is 0. The number of anilines is 1. The standard InChI is InChI=1S/C28H32F3N5O6/c29-28(30,31)26(41)42-22-18(35-11-7-27(8-12-35)5-9-34(10-6-27)15-16-13-32-14-16)2-1-17-21(22)25(40)36(24(17)39)19-3-4-20(37)33-23(19)38/h1-2,16,19,32H,3-15H2,(H,33,37,38). The van der Waals surface area contributed by atoms with Crippen molar-refractivity contribution >= 4 is 35.3 Å². The summed E-state index contributed by atoms with van der Waals surface area (Å²) in [5.41, 5.74) is -0.527. The number of fused-ring (bicyclic) bond motifs is 1. The number of rotatable bonds is 5. The summed E-state index contributed by atoms with van der Waals surface area (Å²) in [5.74, 6) is -5.81. The van der Waals surface area contributed by atoms with Crippen molar-refractivity contribution in [1.82, 2.24) is 20.4 Å². The van der Waals surface area contributed by atoms with Crippen LogP contribution in [0.3, 0.4) is 0 Å². The van der Waals surface area contributed by atoms with Gasteiger partial charge in [0, 0.05) is 39.1 Å². The molecule has 4 amide bonds. The number of imide groups is 2. The average Bonchev–Trinajstić information content (AvgIpc) is 3.17. The minimum atomic E-state index is -5.34. The molecule has 6 rings (SSSR count). The molecule has 42 heavy (non-hydrogen) atoms. The van der Waals surface area contributed by atoms with Gasteiger partial charge in [0.25, 0.3) is 11.8 Å². The van der Waals surface area contributed by atoms with Gasteiger partial charge in [0.15, 0.2) is 5.75 Å². The van der Waals surface area contributed by atoms with Gasteiger partial charge in [0.05, 0.1) is 16.8 Å². The van der Waals surface area contributed by atoms with Gasteiger partial charge in [-0.3, -0.25) is 29.4 Å². The van der Waals surface area contributed by atoms with Crippen molar-refractivity contribution in [3.05, 3.63) is 23.3 Å². The summed E-state index contributed by atoms with van der Waals surface area (Å²) in [6.45, 7) is 6.13. The number of carbonyl (C=O) groups excluding carboxylic acids is 5. The molecular formula is C28H32F3N5O6. The predicted molar refractivity (Wildman–Crippen MR) is 141 cm³/mol. The Balaban J connectivity index is 1.24. The van der Waals surface area contributed by atoms with E-state index in [2.05, 4.69) is 15.5 Å². The second-order valence-corrected chi connectivity index (χ2v) is 12.0. The van der Waals surface area contributed by atoms with E-state index in [1.54, 1.807) is 4.90 Å². The van der Waals surface area contributed by atoms with Crippen molar-refractivity contribution in [3.63, 3.8) is 0 Å². The fraction of sp³-hybridized carbons (Fsp3) is 0.607. The van der Waals surface area contributed by atoms with Crippen LogP contribution in [0.4, 0.5) is 18.9 Å². The Morgan fingerprint density at radius 2 is 1.64 bits per heavy atom. The number of esters is 1. The van der Waals surface area contributed by atoms with Gasteiger partial charge in [-0.25, -0.2) is 4.79 Å². The summed E-state index contributed by atoms with van der Waals surface area (Å²) in [7, 11) is 0. The first-order chi connectivity index (χ1) is 20.0. The molecule has 1 aromatic rings. The predicted octanol–water partition coefficient (Wildman–Crippen LogP) is 1.46. The number of likely N-dealkylation sites (tertiary alicyclic amines) is 1. The van der Waals surface area contributed by atoms with Crippen molar-refractivity contribution in [2.75, 3.05) is 50.7 Å². The Hall–Kier alpha value is -3.52. The van der Waals surface area contributed by atoms with E-state index < -0.39 is 53.1 Å². The van der Waals surface area contributed by atoms with Crippen LogP contribution in [0.25, 0.3) is 0 Å². The molecule has 1 spiro atoms. The van der Waals surface area contributed by atoms with Gasteiger partial charge in [-0.15, -0.1) is 0 Å². The van der Waals surface area contributed by atoms with E-state index in [1.165, 1.54) is 12.1 Å². The van der Waals surface area contributed by atoms with E-state index in [4.69, 9.17) is 4.74 Å². The molecule has 1 atom stereocenters. The van der Waals surface area contributed by atoms with E-state index in [1.807, 2.05) is 0 Å². The lowest BCUT2D eigenvalue weighted by Gasteiger charge is -2.48. The molecule has 14 heteroatoms. The normalized spacial score (nSPS) is 25.0. The molecule has 4 fully saturated rings. The van der Waals surface area contributed by atoms with Crippen LogP contribution in [-0.2, 0) is 14.4 Å². The summed E-state index contributed by atoms with van der Waals surface area (Å²) < 4.78 is 44.8. The van der Waals surface area contributed by atoms with E-state index in [-0.39, 0.29) is 29.5 Å². The lowest BCUT2D eigenvalue weighted by atomic mass is 9.71. The molecule has 1 aromatic carbocycles. The molecule has 4 saturated heterocycles. The largest absolute Gasteiger partial charge is 0.491 e. The Labute approximate surface area is 239 Å². The van der Waals surface area contributed by atoms with Crippen LogP contribution in [0.2, 0.25) is 0 Å². The number of nitrogens with zero attached hydrogens (tertiary/aromatic N) is 3. The number of nitrogens with one attached hydrogen (secondary N) is 2. The SMILES string of the molecule is O=C1CCC(N2C(=O)c3ccc(N4CCC5(CCN(CC6CNC6)CC5)CC4)c(OC(=O)C(F)(F)F)c3C2=O)C(=O)N1. The first-order valence-electron chi connectivity index (χ1n) is 14.3. The molecule has 0 saturated carbocycles. The lowest BCUT2D eigenvalue weighted by Crippen LogP contribution is -2.54. The van der Waals surface area contributed by atoms with E-state index in [0.717, 1.165) is 58.4 Å². The van der Waals surface area contributed by atoms with Crippen LogP contribution in [0, 0.1) is 11.3 Å². The van der Waals surface area contributed by atoms with Gasteiger partial charge in [-0.2, -0.15) is 13.2 Å². The van der Waals surface area contributed by atoms with Crippen molar-refractivity contribution in [3.8, 4) is 5.75 Å². The van der Waals surface area contributed by atoms with Crippen molar-refractivity contribution in [1.29, 1.82) is 0 Å². The number of ether oxygens (including phenoxy) is 1. The minimum absolute atomic E-state index is 0.110. The van der Waals surface area contributed by atoms with Crippen molar-refractivity contribution < 1.29 is 41.9 Å². The van der Waals surface area contributed by atoms with Crippen LogP contribution in [0.15, 0.2) is 12.1 Å². The van der Waals surface area contributed by atoms with Crippen LogP contribution in [0.1, 0.15) is 59.2 Å². The summed E-state index contributed by atoms with van der Waals surface area (Å²) in [6, 6.07) is 1.40. The number of hydrogen-bond donors (Lipinski definition) is 2. The molecule has 0 radical (unpaired) electrons. The van der Waals surface area contributed by atoms with Gasteiger partial charge < -0.3 is 19.9 Å². The summed E-state index contributed by atoms with van der Waals surface area (Å²) in [6.07, 6.45) is -1.97. The number of hydrogen-bond acceptors (Lipinski definition) is 9. The third-order valence-electron chi connectivity index (χ3n) is 9.43. The molecule has 0 aliphatic carbocycles. The van der Waals surface area contributed by atoms with Gasteiger partial charge in [0.2, 0.25) is 11.8 Å². The molecule has 0 bridgehead atoms. The molecular weight excluding hydrogens is 559 g/mol. The Morgan fingerprint density at radius 1 is 0.976 bits per heavy atom. The molecule has 5 aliphatic rings. The lowest BCUT2D eigenvalue weighted by molar-refractivity contribution is -0.189. The van der Waals surface area contributed by atoms with Gasteiger partial charge >= 0.3 is 12.1 Å². The van der Waals surface area contributed by atoms with Crippen molar-refractivity contribution in [2.45, 2.75) is 50.7 Å². The zero-order chi connectivity index (χ0) is 29.8. The highest BCUT2D eigenvalue weighted by Gasteiger charge is 2.49. The highest BCUT2D eigenvalue weighted by Crippen LogP contribution is 2.46. The van der Waals surface area contributed by atoms with Gasteiger partial charge in [-0.1, -0.05) is 0 Å². The monoisotopic (exact) mass is 591 g/mol. The van der Waals surface area contributed by atoms with Crippen LogP contribution >= 0.6 is 0 Å². The number of carbonyl (C=O) groups is 5. The number of halogens is 3. The zero-order valence-corrected chi connectivity index (χ0v) is 22.9. The molecule has 1 unspecified atom stereocenters. The summed E-state index contributed by atoms with van der Waals surface area (Å²) in [4.78, 5) is 67.8. The maximum absolute atomic E-state index is 13.5. The minimum Gasteiger partial charge on any atom is -0.417 e. The highest BCUT2D eigenvalue weighted by atomic mass is 19.4. The zero-order valence-electron chi connectivity index (χ0n) is 22.9. The Morgan fingerprint density at radius 3 is 2.24 bits per heavy atom. The third kappa shape index (κ3) is 5.14. The van der Waals surface area contributed by atoms with E-state index in [0.29, 0.717) is 23.9 Å². The van der Waals surface area contributed by atoms with Crippen molar-refractivity contribution in [2.24, 2.45) is 11.3 Å². The first-order valence-corrected chi connectivity index (χ1v) is 14.3. The van der Waals surface area contributed by atoms with E-state index in [9.17, 15) is 37.1 Å².